The van der Waals surface area contributed by atoms with Crippen LogP contribution in [0, 0.1) is 0 Å². The van der Waals surface area contributed by atoms with Crippen molar-refractivity contribution in [2.24, 2.45) is 0 Å². The fraction of sp³-hybridized carbons (Fsp3) is 0.462. The molecule has 7 heteroatoms. The summed E-state index contributed by atoms with van der Waals surface area (Å²) >= 11 is 5.07. The lowest BCUT2D eigenvalue weighted by molar-refractivity contribution is -0.0498. The van der Waals surface area contributed by atoms with E-state index in [1.54, 1.807) is 19.2 Å². The molecule has 0 amide bonds. The zero-order valence-electron chi connectivity index (χ0n) is 11.2. The van der Waals surface area contributed by atoms with Crippen molar-refractivity contribution < 1.29 is 18.3 Å². The number of ether oxygens (including phenoxy) is 2. The smallest absolute Gasteiger partial charge is 0.387 e. The molecule has 112 valence electrons. The largest absolute Gasteiger partial charge is 0.435 e. The van der Waals surface area contributed by atoms with E-state index in [4.69, 9.17) is 17.0 Å². The fourth-order valence-corrected chi connectivity index (χ4v) is 1.69. The molecule has 0 fully saturated rings. The highest BCUT2D eigenvalue weighted by Gasteiger charge is 2.03. The Bertz CT molecular complexity index is 402. The summed E-state index contributed by atoms with van der Waals surface area (Å²) in [5.41, 5.74) is 1.01. The molecular formula is C13H18F2N2O2S. The Hall–Kier alpha value is -1.47. The Morgan fingerprint density at radius 2 is 1.85 bits per heavy atom. The molecule has 0 unspecified atom stereocenters. The minimum atomic E-state index is -2.79. The van der Waals surface area contributed by atoms with E-state index in [-0.39, 0.29) is 5.75 Å². The molecule has 0 aliphatic rings. The average molecular weight is 304 g/mol. The van der Waals surface area contributed by atoms with Crippen LogP contribution >= 0.6 is 12.2 Å². The average Bonchev–Trinajstić information content (AvgIpc) is 2.40. The minimum Gasteiger partial charge on any atom is -0.435 e. The molecule has 4 nitrogen and oxygen atoms in total. The first-order valence-electron chi connectivity index (χ1n) is 6.16. The van der Waals surface area contributed by atoms with Crippen molar-refractivity contribution in [3.8, 4) is 5.75 Å². The van der Waals surface area contributed by atoms with Gasteiger partial charge in [0.2, 0.25) is 0 Å². The highest BCUT2D eigenvalue weighted by molar-refractivity contribution is 7.80. The quantitative estimate of drug-likeness (QED) is 0.567. The number of hydrogen-bond acceptors (Lipinski definition) is 3. The summed E-state index contributed by atoms with van der Waals surface area (Å²) in [6, 6.07) is 6.55. The van der Waals surface area contributed by atoms with E-state index in [1.807, 2.05) is 0 Å². The molecule has 0 saturated carbocycles. The number of benzene rings is 1. The Morgan fingerprint density at radius 3 is 2.45 bits per heavy atom. The van der Waals surface area contributed by atoms with Gasteiger partial charge in [0.25, 0.3) is 0 Å². The number of thiocarbonyl (C=S) groups is 1. The summed E-state index contributed by atoms with van der Waals surface area (Å²) in [7, 11) is 1.62. The standard InChI is InChI=1S/C13H18F2N2O2S/c1-18-9-8-17-13(20)16-7-6-10-2-4-11(5-3-10)19-12(14)15/h2-5,12H,6-9H2,1H3,(H2,16,17,20). The first kappa shape index (κ1) is 16.6. The molecule has 0 radical (unpaired) electrons. The Kier molecular flexibility index (Phi) is 7.82. The normalized spacial score (nSPS) is 10.4. The van der Waals surface area contributed by atoms with Crippen LogP contribution in [-0.2, 0) is 11.2 Å². The van der Waals surface area contributed by atoms with Crippen molar-refractivity contribution in [3.63, 3.8) is 0 Å². The second-order valence-corrected chi connectivity index (χ2v) is 4.36. The summed E-state index contributed by atoms with van der Waals surface area (Å²) in [5, 5.41) is 6.61. The maximum atomic E-state index is 12.0. The molecule has 2 N–H and O–H groups in total. The molecule has 20 heavy (non-hydrogen) atoms. The lowest BCUT2D eigenvalue weighted by Crippen LogP contribution is -2.37. The number of halogens is 2. The molecule has 1 aromatic carbocycles. The van der Waals surface area contributed by atoms with Crippen LogP contribution < -0.4 is 15.4 Å². The summed E-state index contributed by atoms with van der Waals surface area (Å²) < 4.78 is 33.1. The minimum absolute atomic E-state index is 0.161. The summed E-state index contributed by atoms with van der Waals surface area (Å²) in [4.78, 5) is 0. The number of rotatable bonds is 8. The summed E-state index contributed by atoms with van der Waals surface area (Å²) in [6.07, 6.45) is 0.737. The third-order valence-corrected chi connectivity index (χ3v) is 2.73. The van der Waals surface area contributed by atoms with Crippen LogP contribution in [0.5, 0.6) is 5.75 Å². The Morgan fingerprint density at radius 1 is 1.20 bits per heavy atom. The first-order valence-corrected chi connectivity index (χ1v) is 6.57. The highest BCUT2D eigenvalue weighted by atomic mass is 32.1. The third kappa shape index (κ3) is 7.20. The Labute approximate surface area is 122 Å². The van der Waals surface area contributed by atoms with Crippen LogP contribution in [0.15, 0.2) is 24.3 Å². The number of alkyl halides is 2. The summed E-state index contributed by atoms with van der Waals surface area (Å²) in [6.45, 7) is -0.887. The van der Waals surface area contributed by atoms with Crippen LogP contribution in [0.4, 0.5) is 8.78 Å². The molecule has 0 aliphatic carbocycles. The molecule has 0 aromatic heterocycles. The lowest BCUT2D eigenvalue weighted by atomic mass is 10.1. The highest BCUT2D eigenvalue weighted by Crippen LogP contribution is 2.14. The van der Waals surface area contributed by atoms with E-state index >= 15 is 0 Å². The molecule has 1 aromatic rings. The van der Waals surface area contributed by atoms with Gasteiger partial charge in [-0.1, -0.05) is 12.1 Å². The van der Waals surface area contributed by atoms with E-state index in [1.165, 1.54) is 12.1 Å². The van der Waals surface area contributed by atoms with Crippen LogP contribution in [0.3, 0.4) is 0 Å². The topological polar surface area (TPSA) is 42.5 Å². The van der Waals surface area contributed by atoms with Gasteiger partial charge in [-0.05, 0) is 36.3 Å². The molecule has 0 bridgehead atoms. The van der Waals surface area contributed by atoms with Crippen molar-refractivity contribution >= 4 is 17.3 Å². The molecule has 0 atom stereocenters. The van der Waals surface area contributed by atoms with Gasteiger partial charge < -0.3 is 20.1 Å². The zero-order chi connectivity index (χ0) is 14.8. The molecule has 0 heterocycles. The van der Waals surface area contributed by atoms with Crippen LogP contribution in [0.1, 0.15) is 5.56 Å². The Balaban J connectivity index is 2.23. The van der Waals surface area contributed by atoms with E-state index in [2.05, 4.69) is 15.4 Å². The summed E-state index contributed by atoms with van der Waals surface area (Å²) in [5.74, 6) is 0.161. The van der Waals surface area contributed by atoms with Gasteiger partial charge in [0, 0.05) is 20.2 Å². The molecule has 0 saturated heterocycles. The van der Waals surface area contributed by atoms with Gasteiger partial charge in [0.05, 0.1) is 6.61 Å². The van der Waals surface area contributed by atoms with E-state index in [0.29, 0.717) is 24.8 Å². The molecule has 0 aliphatic heterocycles. The van der Waals surface area contributed by atoms with Gasteiger partial charge in [0.1, 0.15) is 5.75 Å². The fourth-order valence-electron chi connectivity index (χ4n) is 1.49. The number of hydrogen-bond donors (Lipinski definition) is 2. The molecule has 1 rings (SSSR count). The van der Waals surface area contributed by atoms with Crippen molar-refractivity contribution in [1.29, 1.82) is 0 Å². The molecular weight excluding hydrogens is 286 g/mol. The van der Waals surface area contributed by atoms with Gasteiger partial charge in [-0.2, -0.15) is 8.78 Å². The van der Waals surface area contributed by atoms with Crippen molar-refractivity contribution in [2.75, 3.05) is 26.8 Å². The first-order chi connectivity index (χ1) is 9.61. The third-order valence-electron chi connectivity index (χ3n) is 2.44. The van der Waals surface area contributed by atoms with Gasteiger partial charge in [-0.15, -0.1) is 0 Å². The second-order valence-electron chi connectivity index (χ2n) is 3.95. The van der Waals surface area contributed by atoms with Gasteiger partial charge in [-0.3, -0.25) is 0 Å². The monoisotopic (exact) mass is 304 g/mol. The van der Waals surface area contributed by atoms with Crippen molar-refractivity contribution in [2.45, 2.75) is 13.0 Å². The molecule has 0 spiro atoms. The van der Waals surface area contributed by atoms with E-state index in [9.17, 15) is 8.78 Å². The van der Waals surface area contributed by atoms with Crippen LogP contribution in [-0.4, -0.2) is 38.5 Å². The number of nitrogens with one attached hydrogen (secondary N) is 2. The van der Waals surface area contributed by atoms with Gasteiger partial charge >= 0.3 is 6.61 Å². The SMILES string of the molecule is COCCNC(=S)NCCc1ccc(OC(F)F)cc1. The van der Waals surface area contributed by atoms with E-state index < -0.39 is 6.61 Å². The van der Waals surface area contributed by atoms with Crippen molar-refractivity contribution in [3.05, 3.63) is 29.8 Å². The predicted octanol–water partition coefficient (Wildman–Crippen LogP) is 1.94. The van der Waals surface area contributed by atoms with Gasteiger partial charge in [0.15, 0.2) is 5.11 Å². The second kappa shape index (κ2) is 9.44. The van der Waals surface area contributed by atoms with Crippen LogP contribution in [0.2, 0.25) is 0 Å². The van der Waals surface area contributed by atoms with E-state index in [0.717, 1.165) is 12.0 Å². The van der Waals surface area contributed by atoms with Crippen molar-refractivity contribution in [1.82, 2.24) is 10.6 Å². The number of methoxy groups -OCH3 is 1. The zero-order valence-corrected chi connectivity index (χ0v) is 12.0. The predicted molar refractivity (Wildman–Crippen MR) is 77.3 cm³/mol. The lowest BCUT2D eigenvalue weighted by Gasteiger charge is -2.10. The maximum Gasteiger partial charge on any atom is 0.387 e. The maximum absolute atomic E-state index is 12.0. The van der Waals surface area contributed by atoms with Gasteiger partial charge in [-0.25, -0.2) is 0 Å². The van der Waals surface area contributed by atoms with Crippen LogP contribution in [0.25, 0.3) is 0 Å².